The number of amides is 3. The van der Waals surface area contributed by atoms with E-state index in [2.05, 4.69) is 15.6 Å². The molecule has 3 rings (SSSR count). The monoisotopic (exact) mass is 476 g/mol. The summed E-state index contributed by atoms with van der Waals surface area (Å²) in [6.07, 6.45) is 2.29. The molecule has 1 aliphatic rings. The van der Waals surface area contributed by atoms with E-state index < -0.39 is 18.0 Å². The van der Waals surface area contributed by atoms with Gasteiger partial charge < -0.3 is 25.0 Å². The molecule has 0 radical (unpaired) electrons. The average Bonchev–Trinajstić information content (AvgIpc) is 3.26. The molecule has 3 amide bonds. The topological polar surface area (TPSA) is 113 Å². The lowest BCUT2D eigenvalue weighted by molar-refractivity contribution is -0.136. The summed E-state index contributed by atoms with van der Waals surface area (Å²) in [7, 11) is 1.63. The van der Waals surface area contributed by atoms with Crippen molar-refractivity contribution < 1.29 is 23.8 Å². The van der Waals surface area contributed by atoms with Crippen LogP contribution in [0.15, 0.2) is 30.5 Å². The van der Waals surface area contributed by atoms with Crippen LogP contribution < -0.4 is 5.32 Å². The summed E-state index contributed by atoms with van der Waals surface area (Å²) in [6, 6.07) is 4.92. The molecule has 0 unspecified atom stereocenters. The number of aliphatic hydroxyl groups excluding tert-OH is 1. The van der Waals surface area contributed by atoms with Gasteiger partial charge in [0.05, 0.1) is 31.6 Å². The second kappa shape index (κ2) is 11.9. The Balaban J connectivity index is 1.75. The quantitative estimate of drug-likeness (QED) is 0.684. The standard InChI is InChI=1S/C23H33FN6O4/c1-16-11-30(17(2)14-31)22(32)8-5-9-29-12-20(26-27-29)15-34-21(16)13-28(3)23(33)25-19-7-4-6-18(24)10-19/h4,6-7,10,12,16-17,21,31H,5,8-9,11,13-15H2,1-3H3,(H,25,33)/t16-,17-,21-/m1/s1. The van der Waals surface area contributed by atoms with Gasteiger partial charge in [0.1, 0.15) is 11.5 Å². The van der Waals surface area contributed by atoms with E-state index in [0.29, 0.717) is 37.3 Å². The van der Waals surface area contributed by atoms with Crippen LogP contribution in [0.4, 0.5) is 14.9 Å². The summed E-state index contributed by atoms with van der Waals surface area (Å²) in [5, 5.41) is 20.6. The third-order valence-corrected chi connectivity index (χ3v) is 5.92. The number of nitrogens with zero attached hydrogens (tertiary/aromatic N) is 5. The van der Waals surface area contributed by atoms with Crippen molar-refractivity contribution in [2.45, 2.75) is 52.0 Å². The van der Waals surface area contributed by atoms with Crippen molar-refractivity contribution >= 4 is 17.6 Å². The van der Waals surface area contributed by atoms with Crippen LogP contribution in [0.1, 0.15) is 32.4 Å². The number of carbonyl (C=O) groups excluding carboxylic acids is 2. The minimum absolute atomic E-state index is 0.0519. The predicted octanol–water partition coefficient (Wildman–Crippen LogP) is 2.11. The Morgan fingerprint density at radius 2 is 2.24 bits per heavy atom. The number of ether oxygens (including phenoxy) is 1. The van der Waals surface area contributed by atoms with Crippen LogP contribution >= 0.6 is 0 Å². The lowest BCUT2D eigenvalue weighted by Gasteiger charge is -2.35. The van der Waals surface area contributed by atoms with Crippen LogP contribution in [-0.4, -0.2) is 80.7 Å². The number of hydrogen-bond acceptors (Lipinski definition) is 6. The van der Waals surface area contributed by atoms with Gasteiger partial charge in [0.2, 0.25) is 5.91 Å². The number of likely N-dealkylation sites (N-methyl/N-ethyl adjacent to an activating group) is 1. The molecule has 2 heterocycles. The highest BCUT2D eigenvalue weighted by molar-refractivity contribution is 5.89. The lowest BCUT2D eigenvalue weighted by atomic mass is 10.0. The fraction of sp³-hybridized carbons (Fsp3) is 0.565. The van der Waals surface area contributed by atoms with E-state index in [0.717, 1.165) is 0 Å². The van der Waals surface area contributed by atoms with E-state index >= 15 is 0 Å². The number of urea groups is 1. The Kier molecular flexibility index (Phi) is 8.94. The highest BCUT2D eigenvalue weighted by Gasteiger charge is 2.28. The van der Waals surface area contributed by atoms with Gasteiger partial charge in [-0.1, -0.05) is 18.2 Å². The molecule has 10 nitrogen and oxygen atoms in total. The summed E-state index contributed by atoms with van der Waals surface area (Å²) < 4.78 is 21.3. The molecule has 2 N–H and O–H groups in total. The Morgan fingerprint density at radius 3 is 2.97 bits per heavy atom. The Labute approximate surface area is 198 Å². The number of fused-ring (bicyclic) bond motifs is 2. The Bertz CT molecular complexity index is 970. The fourth-order valence-corrected chi connectivity index (χ4v) is 3.83. The number of nitrogens with one attached hydrogen (secondary N) is 1. The Morgan fingerprint density at radius 1 is 1.44 bits per heavy atom. The van der Waals surface area contributed by atoms with Crippen molar-refractivity contribution in [2.75, 3.05) is 32.1 Å². The summed E-state index contributed by atoms with van der Waals surface area (Å²) in [5.41, 5.74) is 1.01. The van der Waals surface area contributed by atoms with Crippen LogP contribution in [0.25, 0.3) is 0 Å². The minimum atomic E-state index is -0.441. The smallest absolute Gasteiger partial charge is 0.321 e. The summed E-state index contributed by atoms with van der Waals surface area (Å²) in [4.78, 5) is 28.8. The summed E-state index contributed by atoms with van der Waals surface area (Å²) in [6.45, 7) is 4.97. The van der Waals surface area contributed by atoms with E-state index in [1.54, 1.807) is 35.8 Å². The van der Waals surface area contributed by atoms with Crippen molar-refractivity contribution in [1.29, 1.82) is 0 Å². The molecule has 0 spiro atoms. The number of aromatic nitrogens is 3. The zero-order valence-electron chi connectivity index (χ0n) is 19.9. The third kappa shape index (κ3) is 6.97. The fourth-order valence-electron chi connectivity index (χ4n) is 3.83. The van der Waals surface area contributed by atoms with Crippen molar-refractivity contribution in [3.05, 3.63) is 42.0 Å². The maximum atomic E-state index is 13.5. The van der Waals surface area contributed by atoms with Crippen molar-refractivity contribution in [1.82, 2.24) is 24.8 Å². The molecule has 2 bridgehead atoms. The molecule has 1 aromatic heterocycles. The van der Waals surface area contributed by atoms with Crippen LogP contribution in [0.5, 0.6) is 0 Å². The lowest BCUT2D eigenvalue weighted by Crippen LogP contribution is -2.48. The first-order valence-corrected chi connectivity index (χ1v) is 11.5. The Hall–Kier alpha value is -3.05. The largest absolute Gasteiger partial charge is 0.394 e. The molecule has 0 saturated heterocycles. The maximum Gasteiger partial charge on any atom is 0.321 e. The molecular weight excluding hydrogens is 443 g/mol. The average molecular weight is 477 g/mol. The number of anilines is 1. The van der Waals surface area contributed by atoms with E-state index in [-0.39, 0.29) is 37.6 Å². The first-order valence-electron chi connectivity index (χ1n) is 11.5. The molecule has 2 aromatic rings. The third-order valence-electron chi connectivity index (χ3n) is 5.92. The normalized spacial score (nSPS) is 20.6. The first kappa shape index (κ1) is 25.6. The van der Waals surface area contributed by atoms with Gasteiger partial charge in [0.15, 0.2) is 0 Å². The molecule has 186 valence electrons. The molecule has 3 atom stereocenters. The first-order chi connectivity index (χ1) is 16.3. The SMILES string of the molecule is C[C@@H]1CN([C@H](C)CO)C(=O)CCCn2cc(nn2)CO[C@@H]1CN(C)C(=O)Nc1cccc(F)c1. The van der Waals surface area contributed by atoms with Gasteiger partial charge in [0, 0.05) is 44.7 Å². The summed E-state index contributed by atoms with van der Waals surface area (Å²) >= 11 is 0. The second-order valence-corrected chi connectivity index (χ2v) is 8.80. The molecule has 0 saturated carbocycles. The zero-order chi connectivity index (χ0) is 24.7. The number of rotatable bonds is 5. The van der Waals surface area contributed by atoms with Gasteiger partial charge >= 0.3 is 6.03 Å². The van der Waals surface area contributed by atoms with Crippen LogP contribution in [0.3, 0.4) is 0 Å². The van der Waals surface area contributed by atoms with Gasteiger partial charge in [-0.2, -0.15) is 0 Å². The number of aliphatic hydroxyl groups is 1. The van der Waals surface area contributed by atoms with E-state index in [4.69, 9.17) is 4.74 Å². The predicted molar refractivity (Wildman–Crippen MR) is 123 cm³/mol. The highest BCUT2D eigenvalue weighted by atomic mass is 19.1. The minimum Gasteiger partial charge on any atom is -0.394 e. The molecule has 0 fully saturated rings. The van der Waals surface area contributed by atoms with Gasteiger partial charge in [-0.25, -0.2) is 9.18 Å². The van der Waals surface area contributed by atoms with E-state index in [1.807, 2.05) is 6.92 Å². The zero-order valence-corrected chi connectivity index (χ0v) is 19.9. The molecule has 11 heteroatoms. The number of benzene rings is 1. The van der Waals surface area contributed by atoms with Crippen molar-refractivity contribution in [3.8, 4) is 0 Å². The molecule has 1 aromatic carbocycles. The second-order valence-electron chi connectivity index (χ2n) is 8.80. The number of aryl methyl sites for hydroxylation is 1. The number of hydrogen-bond donors (Lipinski definition) is 2. The summed E-state index contributed by atoms with van der Waals surface area (Å²) in [5.74, 6) is -0.648. The maximum absolute atomic E-state index is 13.5. The number of carbonyl (C=O) groups is 2. The van der Waals surface area contributed by atoms with Crippen LogP contribution in [0, 0.1) is 11.7 Å². The highest BCUT2D eigenvalue weighted by Crippen LogP contribution is 2.18. The number of halogens is 1. The van der Waals surface area contributed by atoms with Crippen LogP contribution in [-0.2, 0) is 22.7 Å². The van der Waals surface area contributed by atoms with Gasteiger partial charge in [-0.15, -0.1) is 5.10 Å². The van der Waals surface area contributed by atoms with Gasteiger partial charge in [-0.05, 0) is 31.5 Å². The van der Waals surface area contributed by atoms with E-state index in [9.17, 15) is 19.1 Å². The van der Waals surface area contributed by atoms with Gasteiger partial charge in [-0.3, -0.25) is 9.48 Å². The molecule has 0 aliphatic carbocycles. The van der Waals surface area contributed by atoms with Crippen molar-refractivity contribution in [3.63, 3.8) is 0 Å². The van der Waals surface area contributed by atoms with Crippen LogP contribution in [0.2, 0.25) is 0 Å². The van der Waals surface area contributed by atoms with E-state index in [1.165, 1.54) is 23.1 Å². The molecular formula is C23H33FN6O4. The van der Waals surface area contributed by atoms with Crippen molar-refractivity contribution in [2.24, 2.45) is 5.92 Å². The van der Waals surface area contributed by atoms with Gasteiger partial charge in [0.25, 0.3) is 0 Å². The molecule has 1 aliphatic heterocycles. The molecule has 34 heavy (non-hydrogen) atoms.